The third-order valence-corrected chi connectivity index (χ3v) is 6.08. The van der Waals surface area contributed by atoms with E-state index in [-0.39, 0.29) is 16.7 Å². The van der Waals surface area contributed by atoms with Gasteiger partial charge in [0.05, 0.1) is 0 Å². The van der Waals surface area contributed by atoms with Gasteiger partial charge in [0, 0.05) is 0 Å². The molecule has 1 heterocycles. The molecule has 0 aliphatic heterocycles. The second-order valence-electron chi connectivity index (χ2n) is 6.12. The van der Waals surface area contributed by atoms with Crippen LogP contribution in [0.3, 0.4) is 0 Å². The minimum absolute atomic E-state index is 0.0749. The molecule has 1 amide bonds. The van der Waals surface area contributed by atoms with E-state index in [2.05, 4.69) is 27.2 Å². The monoisotopic (exact) mass is 410 g/mol. The average Bonchev–Trinajstić information content (AvgIpc) is 3.00. The van der Waals surface area contributed by atoms with Crippen molar-refractivity contribution in [3.8, 4) is 0 Å². The Hall–Kier alpha value is -1.00. The molecule has 2 aromatic rings. The van der Waals surface area contributed by atoms with Gasteiger partial charge in [-0.2, -0.15) is 0 Å². The first kappa shape index (κ1) is 17.8. The number of benzene rings is 1. The summed E-state index contributed by atoms with van der Waals surface area (Å²) in [6.45, 7) is 0. The van der Waals surface area contributed by atoms with Crippen LogP contribution in [0.5, 0.6) is 0 Å². The summed E-state index contributed by atoms with van der Waals surface area (Å²) in [4.78, 5) is 15.7. The van der Waals surface area contributed by atoms with Crippen LogP contribution in [0, 0.1) is 0 Å². The van der Waals surface area contributed by atoms with E-state index in [1.54, 1.807) is 20.3 Å². The molecule has 128 valence electrons. The first-order valence-corrected chi connectivity index (χ1v) is 9.30. The van der Waals surface area contributed by atoms with E-state index < -0.39 is 5.79 Å². The SMILES string of the molecule is COC1(OC)CC[C@@H](NC(=O)c2cc3cc(Cl)ccc3[nH]2)[C@@H]([As])C1. The average molecular weight is 411 g/mol. The normalized spacial score (nSPS) is 23.3. The van der Waals surface area contributed by atoms with E-state index in [1.807, 2.05) is 18.2 Å². The summed E-state index contributed by atoms with van der Waals surface area (Å²) in [5.41, 5.74) is 1.44. The molecule has 3 rings (SSSR count). The van der Waals surface area contributed by atoms with E-state index in [0.717, 1.165) is 30.2 Å². The number of H-pyrrole nitrogens is 1. The Morgan fingerprint density at radius 3 is 2.79 bits per heavy atom. The standard InChI is InChI=1S/C17H20AsClN2O3/c1-23-17(24-2)6-5-14(12(18)9-17)21-16(22)15-8-10-7-11(19)3-4-13(10)20-15/h3-4,7-8,12,14,20H,5-6,9H2,1-2H3,(H,21,22)/t12-,14+/m0/s1. The Morgan fingerprint density at radius 1 is 1.38 bits per heavy atom. The van der Waals surface area contributed by atoms with E-state index in [4.69, 9.17) is 21.1 Å². The number of rotatable bonds is 4. The van der Waals surface area contributed by atoms with Crippen molar-refractivity contribution < 1.29 is 14.3 Å². The summed E-state index contributed by atoms with van der Waals surface area (Å²) >= 11 is 8.62. The number of carbonyl (C=O) groups is 1. The van der Waals surface area contributed by atoms with E-state index in [1.165, 1.54) is 0 Å². The van der Waals surface area contributed by atoms with E-state index in [9.17, 15) is 4.79 Å². The Kier molecular flexibility index (Phi) is 5.26. The number of methoxy groups -OCH3 is 2. The van der Waals surface area contributed by atoms with Crippen molar-refractivity contribution in [2.45, 2.75) is 35.8 Å². The van der Waals surface area contributed by atoms with Crippen LogP contribution >= 0.6 is 11.6 Å². The number of hydrogen-bond donors (Lipinski definition) is 2. The van der Waals surface area contributed by atoms with Crippen molar-refractivity contribution in [2.75, 3.05) is 14.2 Å². The second kappa shape index (κ2) is 7.09. The number of fused-ring (bicyclic) bond motifs is 1. The van der Waals surface area contributed by atoms with Gasteiger partial charge in [-0.3, -0.25) is 0 Å². The number of halogens is 1. The number of nitrogens with one attached hydrogen (secondary N) is 2. The summed E-state index contributed by atoms with van der Waals surface area (Å²) in [6, 6.07) is 7.42. The number of ether oxygens (including phenoxy) is 2. The molecule has 7 heteroatoms. The summed E-state index contributed by atoms with van der Waals surface area (Å²) in [6.07, 6.45) is 2.29. The third-order valence-electron chi connectivity index (χ3n) is 4.71. The zero-order chi connectivity index (χ0) is 17.3. The van der Waals surface area contributed by atoms with Gasteiger partial charge in [0.25, 0.3) is 0 Å². The van der Waals surface area contributed by atoms with Gasteiger partial charge in [-0.15, -0.1) is 0 Å². The molecule has 1 fully saturated rings. The van der Waals surface area contributed by atoms with Gasteiger partial charge >= 0.3 is 155 Å². The molecule has 2 atom stereocenters. The molecule has 1 aromatic carbocycles. The van der Waals surface area contributed by atoms with Gasteiger partial charge in [0.1, 0.15) is 0 Å². The Morgan fingerprint density at radius 2 is 2.12 bits per heavy atom. The maximum absolute atomic E-state index is 12.6. The van der Waals surface area contributed by atoms with Crippen molar-refractivity contribution in [3.63, 3.8) is 0 Å². The first-order valence-electron chi connectivity index (χ1n) is 7.84. The van der Waals surface area contributed by atoms with Crippen LogP contribution < -0.4 is 5.32 Å². The minimum atomic E-state index is -0.545. The van der Waals surface area contributed by atoms with Crippen LogP contribution in [0.4, 0.5) is 0 Å². The molecule has 0 spiro atoms. The molecular formula is C17H20AsClN2O3. The second-order valence-corrected chi connectivity index (χ2v) is 7.95. The number of aromatic nitrogens is 1. The van der Waals surface area contributed by atoms with Crippen molar-refractivity contribution in [2.24, 2.45) is 0 Å². The molecular weight excluding hydrogens is 391 g/mol. The van der Waals surface area contributed by atoms with E-state index >= 15 is 0 Å². The Balaban J connectivity index is 1.70. The number of amides is 1. The van der Waals surface area contributed by atoms with Crippen LogP contribution in [0.25, 0.3) is 10.9 Å². The molecule has 0 bridgehead atoms. The van der Waals surface area contributed by atoms with Gasteiger partial charge in [0.15, 0.2) is 0 Å². The van der Waals surface area contributed by atoms with Crippen molar-refractivity contribution in [1.82, 2.24) is 10.3 Å². The summed E-state index contributed by atoms with van der Waals surface area (Å²) in [5.74, 6) is -0.651. The molecule has 1 aliphatic rings. The summed E-state index contributed by atoms with van der Waals surface area (Å²) < 4.78 is 11.3. The van der Waals surface area contributed by atoms with Gasteiger partial charge in [-0.1, -0.05) is 0 Å². The zero-order valence-electron chi connectivity index (χ0n) is 13.6. The maximum atomic E-state index is 12.6. The molecule has 1 aromatic heterocycles. The van der Waals surface area contributed by atoms with Crippen molar-refractivity contribution in [3.05, 3.63) is 35.0 Å². The molecule has 1 aliphatic carbocycles. The number of aromatic amines is 1. The Labute approximate surface area is 154 Å². The molecule has 1 saturated carbocycles. The topological polar surface area (TPSA) is 63.4 Å². The number of carbonyl (C=O) groups excluding carboxylic acids is 1. The fourth-order valence-corrected chi connectivity index (χ4v) is 4.46. The van der Waals surface area contributed by atoms with Crippen LogP contribution in [-0.4, -0.2) is 53.8 Å². The molecule has 5 nitrogen and oxygen atoms in total. The molecule has 2 radical (unpaired) electrons. The van der Waals surface area contributed by atoms with Crippen LogP contribution in [0.1, 0.15) is 29.8 Å². The fraction of sp³-hybridized carbons (Fsp3) is 0.471. The molecule has 24 heavy (non-hydrogen) atoms. The molecule has 2 N–H and O–H groups in total. The van der Waals surface area contributed by atoms with Gasteiger partial charge in [-0.05, 0) is 0 Å². The quantitative estimate of drug-likeness (QED) is 0.601. The van der Waals surface area contributed by atoms with Crippen LogP contribution in [0.2, 0.25) is 9.73 Å². The van der Waals surface area contributed by atoms with Crippen molar-refractivity contribution in [1.29, 1.82) is 0 Å². The van der Waals surface area contributed by atoms with Crippen LogP contribution in [0.15, 0.2) is 24.3 Å². The fourth-order valence-electron chi connectivity index (χ4n) is 3.23. The van der Waals surface area contributed by atoms with Gasteiger partial charge in [0.2, 0.25) is 0 Å². The van der Waals surface area contributed by atoms with Gasteiger partial charge < -0.3 is 0 Å². The summed E-state index contributed by atoms with van der Waals surface area (Å²) in [5, 5.41) is 4.70. The molecule has 0 unspecified atom stereocenters. The van der Waals surface area contributed by atoms with E-state index in [0.29, 0.717) is 10.7 Å². The Bertz CT molecular complexity index is 745. The first-order chi connectivity index (χ1) is 11.5. The van der Waals surface area contributed by atoms with Gasteiger partial charge in [-0.25, -0.2) is 0 Å². The number of hydrogen-bond acceptors (Lipinski definition) is 3. The summed E-state index contributed by atoms with van der Waals surface area (Å²) in [7, 11) is 3.33. The third kappa shape index (κ3) is 3.50. The predicted octanol–water partition coefficient (Wildman–Crippen LogP) is 3.05. The van der Waals surface area contributed by atoms with Crippen molar-refractivity contribution >= 4 is 45.3 Å². The zero-order valence-corrected chi connectivity index (χ0v) is 16.3. The van der Waals surface area contributed by atoms with Crippen LogP contribution in [-0.2, 0) is 9.47 Å². The molecule has 0 saturated heterocycles. The predicted molar refractivity (Wildman–Crippen MR) is 94.7 cm³/mol.